The third kappa shape index (κ3) is 9.11. The Bertz CT molecular complexity index is 525. The van der Waals surface area contributed by atoms with E-state index in [1.165, 1.54) is 50.9 Å². The molecule has 6 heteroatoms. The molecule has 1 saturated heterocycles. The number of nitrogens with one attached hydrogen (secondary N) is 2. The van der Waals surface area contributed by atoms with Gasteiger partial charge in [-0.05, 0) is 56.6 Å². The van der Waals surface area contributed by atoms with Crippen molar-refractivity contribution in [3.8, 4) is 5.75 Å². The van der Waals surface area contributed by atoms with Gasteiger partial charge in [-0.2, -0.15) is 0 Å². The second kappa shape index (κ2) is 13.4. The first-order valence-electron chi connectivity index (χ1n) is 10.2. The molecule has 2 rings (SSSR count). The van der Waals surface area contributed by atoms with Crippen LogP contribution in [0.5, 0.6) is 5.75 Å². The Hall–Kier alpha value is -1.79. The molecule has 0 aliphatic carbocycles. The fourth-order valence-corrected chi connectivity index (χ4v) is 3.22. The van der Waals surface area contributed by atoms with E-state index in [1.807, 2.05) is 19.2 Å². The molecule has 1 aliphatic heterocycles. The first-order valence-corrected chi connectivity index (χ1v) is 10.2. The van der Waals surface area contributed by atoms with Crippen molar-refractivity contribution in [2.75, 3.05) is 53.6 Å². The van der Waals surface area contributed by atoms with Gasteiger partial charge in [0.05, 0.1) is 6.61 Å². The summed E-state index contributed by atoms with van der Waals surface area (Å²) in [5, 5.41) is 6.78. The molecule has 0 saturated carbocycles. The predicted molar refractivity (Wildman–Crippen MR) is 112 cm³/mol. The van der Waals surface area contributed by atoms with Crippen molar-refractivity contribution in [3.05, 3.63) is 29.8 Å². The minimum atomic E-state index is 0.572. The number of nitrogens with zero attached hydrogens (tertiary/aromatic N) is 2. The molecule has 1 aliphatic rings. The van der Waals surface area contributed by atoms with E-state index >= 15 is 0 Å². The molecule has 1 aromatic carbocycles. The fraction of sp³-hybridized carbons (Fsp3) is 0.667. The monoisotopic (exact) mass is 376 g/mol. The van der Waals surface area contributed by atoms with E-state index in [9.17, 15) is 0 Å². The summed E-state index contributed by atoms with van der Waals surface area (Å²) in [6, 6.07) is 8.12. The van der Waals surface area contributed by atoms with Crippen molar-refractivity contribution in [3.63, 3.8) is 0 Å². The highest BCUT2D eigenvalue weighted by Crippen LogP contribution is 2.12. The average molecular weight is 377 g/mol. The molecule has 0 unspecified atom stereocenters. The predicted octanol–water partition coefficient (Wildman–Crippen LogP) is 2.64. The minimum Gasteiger partial charge on any atom is -0.491 e. The van der Waals surface area contributed by atoms with Crippen LogP contribution in [-0.2, 0) is 11.3 Å². The van der Waals surface area contributed by atoms with Crippen molar-refractivity contribution in [1.29, 1.82) is 0 Å². The first-order chi connectivity index (χ1) is 13.3. The average Bonchev–Trinajstić information content (AvgIpc) is 2.97. The summed E-state index contributed by atoms with van der Waals surface area (Å²) in [5.74, 6) is 1.72. The standard InChI is InChI=1S/C21H36N4O2/c1-22-21(23-12-7-15-25-13-5-3-4-6-14-25)24-18-19-8-10-20(11-9-19)27-17-16-26-2/h8-11H,3-7,12-18H2,1-2H3,(H2,22,23,24). The Morgan fingerprint density at radius 2 is 1.78 bits per heavy atom. The number of ether oxygens (including phenoxy) is 2. The van der Waals surface area contributed by atoms with E-state index < -0.39 is 0 Å². The molecule has 1 aromatic rings. The Balaban J connectivity index is 1.61. The second-order valence-electron chi connectivity index (χ2n) is 6.95. The van der Waals surface area contributed by atoms with Crippen LogP contribution in [0.25, 0.3) is 0 Å². The second-order valence-corrected chi connectivity index (χ2v) is 6.95. The van der Waals surface area contributed by atoms with Crippen LogP contribution in [0.2, 0.25) is 0 Å². The number of hydrogen-bond donors (Lipinski definition) is 2. The van der Waals surface area contributed by atoms with Gasteiger partial charge in [-0.1, -0.05) is 25.0 Å². The van der Waals surface area contributed by atoms with Gasteiger partial charge < -0.3 is 25.0 Å². The molecule has 0 bridgehead atoms. The number of hydrogen-bond acceptors (Lipinski definition) is 4. The number of aliphatic imine (C=N–C) groups is 1. The van der Waals surface area contributed by atoms with E-state index in [1.54, 1.807) is 7.11 Å². The zero-order valence-electron chi connectivity index (χ0n) is 17.0. The maximum absolute atomic E-state index is 5.59. The van der Waals surface area contributed by atoms with Gasteiger partial charge in [0, 0.05) is 27.2 Å². The third-order valence-corrected chi connectivity index (χ3v) is 4.81. The lowest BCUT2D eigenvalue weighted by molar-refractivity contribution is 0.146. The zero-order chi connectivity index (χ0) is 19.2. The Morgan fingerprint density at radius 1 is 1.04 bits per heavy atom. The summed E-state index contributed by atoms with van der Waals surface area (Å²) in [6.45, 7) is 6.56. The topological polar surface area (TPSA) is 58.1 Å². The number of likely N-dealkylation sites (tertiary alicyclic amines) is 1. The first kappa shape index (κ1) is 21.5. The van der Waals surface area contributed by atoms with Crippen LogP contribution in [0, 0.1) is 0 Å². The molecule has 0 atom stereocenters. The summed E-state index contributed by atoms with van der Waals surface area (Å²) in [7, 11) is 3.49. The van der Waals surface area contributed by atoms with Gasteiger partial charge in [-0.3, -0.25) is 4.99 Å². The molecular formula is C21H36N4O2. The number of rotatable bonds is 10. The smallest absolute Gasteiger partial charge is 0.191 e. The minimum absolute atomic E-state index is 0.572. The molecular weight excluding hydrogens is 340 g/mol. The van der Waals surface area contributed by atoms with Crippen LogP contribution in [0.4, 0.5) is 0 Å². The van der Waals surface area contributed by atoms with E-state index in [0.29, 0.717) is 13.2 Å². The van der Waals surface area contributed by atoms with Crippen molar-refractivity contribution in [2.24, 2.45) is 4.99 Å². The SMILES string of the molecule is CN=C(NCCCN1CCCCCC1)NCc1ccc(OCCOC)cc1. The zero-order valence-corrected chi connectivity index (χ0v) is 17.0. The molecule has 0 aromatic heterocycles. The quantitative estimate of drug-likeness (QED) is 0.373. The van der Waals surface area contributed by atoms with E-state index in [0.717, 1.165) is 31.2 Å². The summed E-state index contributed by atoms with van der Waals surface area (Å²) in [6.07, 6.45) is 6.64. The molecule has 1 heterocycles. The highest BCUT2D eigenvalue weighted by molar-refractivity contribution is 5.79. The molecule has 2 N–H and O–H groups in total. The van der Waals surface area contributed by atoms with E-state index in [4.69, 9.17) is 9.47 Å². The Kier molecular flexibility index (Phi) is 10.7. The molecule has 27 heavy (non-hydrogen) atoms. The van der Waals surface area contributed by atoms with Crippen molar-refractivity contribution in [1.82, 2.24) is 15.5 Å². The van der Waals surface area contributed by atoms with Gasteiger partial charge in [0.25, 0.3) is 0 Å². The number of methoxy groups -OCH3 is 1. The highest BCUT2D eigenvalue weighted by atomic mass is 16.5. The largest absolute Gasteiger partial charge is 0.491 e. The van der Waals surface area contributed by atoms with Gasteiger partial charge in [-0.25, -0.2) is 0 Å². The van der Waals surface area contributed by atoms with Gasteiger partial charge in [-0.15, -0.1) is 0 Å². The maximum atomic E-state index is 5.59. The molecule has 0 amide bonds. The van der Waals surface area contributed by atoms with Crippen LogP contribution >= 0.6 is 0 Å². The van der Waals surface area contributed by atoms with Crippen LogP contribution in [0.3, 0.4) is 0 Å². The molecule has 1 fully saturated rings. The maximum Gasteiger partial charge on any atom is 0.191 e. The molecule has 152 valence electrons. The summed E-state index contributed by atoms with van der Waals surface area (Å²) >= 11 is 0. The van der Waals surface area contributed by atoms with Crippen LogP contribution in [-0.4, -0.2) is 64.4 Å². The highest BCUT2D eigenvalue weighted by Gasteiger charge is 2.08. The van der Waals surface area contributed by atoms with E-state index in [-0.39, 0.29) is 0 Å². The van der Waals surface area contributed by atoms with Crippen LogP contribution < -0.4 is 15.4 Å². The molecule has 6 nitrogen and oxygen atoms in total. The lowest BCUT2D eigenvalue weighted by atomic mass is 10.2. The summed E-state index contributed by atoms with van der Waals surface area (Å²) in [4.78, 5) is 6.91. The van der Waals surface area contributed by atoms with Crippen molar-refractivity contribution in [2.45, 2.75) is 38.6 Å². The normalized spacial score (nSPS) is 16.0. The third-order valence-electron chi connectivity index (χ3n) is 4.81. The van der Waals surface area contributed by atoms with Crippen LogP contribution in [0.15, 0.2) is 29.3 Å². The number of benzene rings is 1. The fourth-order valence-electron chi connectivity index (χ4n) is 3.22. The van der Waals surface area contributed by atoms with Gasteiger partial charge in [0.15, 0.2) is 5.96 Å². The Morgan fingerprint density at radius 3 is 2.44 bits per heavy atom. The Labute approximate surface area is 164 Å². The lowest BCUT2D eigenvalue weighted by Gasteiger charge is -2.20. The van der Waals surface area contributed by atoms with Crippen molar-refractivity contribution < 1.29 is 9.47 Å². The van der Waals surface area contributed by atoms with Gasteiger partial charge in [0.1, 0.15) is 12.4 Å². The van der Waals surface area contributed by atoms with Gasteiger partial charge in [0.2, 0.25) is 0 Å². The van der Waals surface area contributed by atoms with Crippen LogP contribution in [0.1, 0.15) is 37.7 Å². The van der Waals surface area contributed by atoms with Gasteiger partial charge >= 0.3 is 0 Å². The number of guanidine groups is 1. The summed E-state index contributed by atoms with van der Waals surface area (Å²) < 4.78 is 10.6. The lowest BCUT2D eigenvalue weighted by Crippen LogP contribution is -2.38. The summed E-state index contributed by atoms with van der Waals surface area (Å²) in [5.41, 5.74) is 1.20. The van der Waals surface area contributed by atoms with E-state index in [2.05, 4.69) is 32.7 Å². The molecule has 0 spiro atoms. The molecule has 0 radical (unpaired) electrons. The van der Waals surface area contributed by atoms with Crippen molar-refractivity contribution >= 4 is 5.96 Å².